The molecule has 0 bridgehead atoms. The molecule has 1 aliphatic heterocycles. The van der Waals surface area contributed by atoms with E-state index in [-0.39, 0.29) is 23.4 Å². The Morgan fingerprint density at radius 3 is 2.41 bits per heavy atom. The van der Waals surface area contributed by atoms with Crippen molar-refractivity contribution in [2.75, 3.05) is 11.5 Å². The Hall–Kier alpha value is -3.01. The molecule has 0 unspecified atom stereocenters. The monoisotopic (exact) mass is 370 g/mol. The number of esters is 1. The lowest BCUT2D eigenvalue weighted by Gasteiger charge is -2.17. The summed E-state index contributed by atoms with van der Waals surface area (Å²) in [6.45, 7) is 2.11. The van der Waals surface area contributed by atoms with E-state index in [1.54, 1.807) is 6.07 Å². The predicted octanol–water partition coefficient (Wildman–Crippen LogP) is 3.40. The molecule has 140 valence electrons. The summed E-state index contributed by atoms with van der Waals surface area (Å²) < 4.78 is 19.7. The number of hydrogen-bond donors (Lipinski definition) is 0. The molecule has 3 rings (SSSR count). The standard InChI is InChI=1S/C20H19FN2O4/c1-2-3-8-27-20(26)15-10-17(16(21)9-12(15)11-22)23-18(24)13-6-4-5-7-14(13)19(23)25/h9-10H,2-8H2,1H3. The van der Waals surface area contributed by atoms with Gasteiger partial charge in [-0.05, 0) is 44.2 Å². The van der Waals surface area contributed by atoms with Crippen LogP contribution < -0.4 is 4.90 Å². The fourth-order valence-corrected chi connectivity index (χ4v) is 3.34. The Kier molecular flexibility index (Phi) is 5.36. The van der Waals surface area contributed by atoms with Gasteiger partial charge in [-0.25, -0.2) is 14.1 Å². The van der Waals surface area contributed by atoms with Crippen LogP contribution in [0.3, 0.4) is 0 Å². The van der Waals surface area contributed by atoms with Gasteiger partial charge >= 0.3 is 5.97 Å². The van der Waals surface area contributed by atoms with Crippen molar-refractivity contribution in [1.29, 1.82) is 5.26 Å². The van der Waals surface area contributed by atoms with E-state index in [2.05, 4.69) is 0 Å². The van der Waals surface area contributed by atoms with Gasteiger partial charge in [0.05, 0.1) is 23.4 Å². The van der Waals surface area contributed by atoms with Gasteiger partial charge in [0.2, 0.25) is 0 Å². The second-order valence-corrected chi connectivity index (χ2v) is 6.56. The summed E-state index contributed by atoms with van der Waals surface area (Å²) in [7, 11) is 0. The molecule has 2 amide bonds. The summed E-state index contributed by atoms with van der Waals surface area (Å²) in [6.07, 6.45) is 4.05. The average molecular weight is 370 g/mol. The first kappa shape index (κ1) is 18.8. The van der Waals surface area contributed by atoms with Crippen LogP contribution in [-0.4, -0.2) is 24.4 Å². The quantitative estimate of drug-likeness (QED) is 0.450. The van der Waals surface area contributed by atoms with Crippen LogP contribution >= 0.6 is 0 Å². The number of carbonyl (C=O) groups excluding carboxylic acids is 3. The largest absolute Gasteiger partial charge is 0.462 e. The van der Waals surface area contributed by atoms with Crippen LogP contribution in [0, 0.1) is 17.1 Å². The maximum Gasteiger partial charge on any atom is 0.339 e. The maximum atomic E-state index is 14.6. The summed E-state index contributed by atoms with van der Waals surface area (Å²) in [5, 5.41) is 9.21. The van der Waals surface area contributed by atoms with E-state index in [1.807, 2.05) is 6.92 Å². The van der Waals surface area contributed by atoms with Crippen molar-refractivity contribution in [3.8, 4) is 6.07 Å². The third kappa shape index (κ3) is 3.35. The van der Waals surface area contributed by atoms with Gasteiger partial charge in [-0.3, -0.25) is 9.59 Å². The van der Waals surface area contributed by atoms with Crippen molar-refractivity contribution in [1.82, 2.24) is 0 Å². The number of anilines is 1. The Labute approximate surface area is 156 Å². The summed E-state index contributed by atoms with van der Waals surface area (Å²) in [5.41, 5.74) is 0.162. The molecule has 6 nitrogen and oxygen atoms in total. The van der Waals surface area contributed by atoms with Crippen LogP contribution in [0.5, 0.6) is 0 Å². The summed E-state index contributed by atoms with van der Waals surface area (Å²) in [5.74, 6) is -2.79. The van der Waals surface area contributed by atoms with Crippen molar-refractivity contribution in [3.05, 3.63) is 40.2 Å². The van der Waals surface area contributed by atoms with Gasteiger partial charge in [0.25, 0.3) is 11.8 Å². The van der Waals surface area contributed by atoms with Gasteiger partial charge in [0.15, 0.2) is 0 Å². The minimum absolute atomic E-state index is 0.157. The molecule has 7 heteroatoms. The molecule has 0 aromatic heterocycles. The SMILES string of the molecule is CCCCOC(=O)c1cc(N2C(=O)C3=C(CCCC3)C2=O)c(F)cc1C#N. The summed E-state index contributed by atoms with van der Waals surface area (Å²) in [4.78, 5) is 38.4. The van der Waals surface area contributed by atoms with E-state index in [0.717, 1.165) is 36.3 Å². The highest BCUT2D eigenvalue weighted by molar-refractivity contribution is 6.33. The molecule has 0 radical (unpaired) electrons. The smallest absolute Gasteiger partial charge is 0.339 e. The fraction of sp³-hybridized carbons (Fsp3) is 0.400. The average Bonchev–Trinajstić information content (AvgIpc) is 2.92. The summed E-state index contributed by atoms with van der Waals surface area (Å²) in [6, 6.07) is 3.69. The normalized spacial score (nSPS) is 16.4. The lowest BCUT2D eigenvalue weighted by atomic mass is 9.93. The molecule has 1 aromatic carbocycles. The number of nitriles is 1. The van der Waals surface area contributed by atoms with E-state index in [9.17, 15) is 24.0 Å². The number of carbonyl (C=O) groups is 3. The van der Waals surface area contributed by atoms with Crippen molar-refractivity contribution < 1.29 is 23.5 Å². The number of imide groups is 1. The highest BCUT2D eigenvalue weighted by Crippen LogP contribution is 2.37. The molecule has 27 heavy (non-hydrogen) atoms. The van der Waals surface area contributed by atoms with Crippen molar-refractivity contribution >= 4 is 23.5 Å². The third-order valence-electron chi connectivity index (χ3n) is 4.79. The highest BCUT2D eigenvalue weighted by atomic mass is 19.1. The predicted molar refractivity (Wildman–Crippen MR) is 94.3 cm³/mol. The number of nitrogens with zero attached hydrogens (tertiary/aromatic N) is 2. The second kappa shape index (κ2) is 7.70. The zero-order valence-corrected chi connectivity index (χ0v) is 15.0. The van der Waals surface area contributed by atoms with Crippen LogP contribution in [0.4, 0.5) is 10.1 Å². The first-order chi connectivity index (χ1) is 13.0. The first-order valence-corrected chi connectivity index (χ1v) is 9.01. The lowest BCUT2D eigenvalue weighted by Crippen LogP contribution is -2.32. The van der Waals surface area contributed by atoms with Gasteiger partial charge in [0.1, 0.15) is 11.9 Å². The topological polar surface area (TPSA) is 87.5 Å². The number of halogens is 1. The highest BCUT2D eigenvalue weighted by Gasteiger charge is 2.41. The number of ether oxygens (including phenoxy) is 1. The molecule has 1 aromatic rings. The summed E-state index contributed by atoms with van der Waals surface area (Å²) >= 11 is 0. The fourth-order valence-electron chi connectivity index (χ4n) is 3.34. The number of benzene rings is 1. The molecule has 0 fully saturated rings. The van der Waals surface area contributed by atoms with Crippen LogP contribution in [0.15, 0.2) is 23.3 Å². The van der Waals surface area contributed by atoms with Crippen LogP contribution in [-0.2, 0) is 14.3 Å². The van der Waals surface area contributed by atoms with Crippen LogP contribution in [0.2, 0.25) is 0 Å². The molecule has 1 heterocycles. The van der Waals surface area contributed by atoms with Crippen LogP contribution in [0.25, 0.3) is 0 Å². The maximum absolute atomic E-state index is 14.6. The van der Waals surface area contributed by atoms with Gasteiger partial charge in [0, 0.05) is 11.1 Å². The van der Waals surface area contributed by atoms with E-state index < -0.39 is 23.6 Å². The zero-order chi connectivity index (χ0) is 19.6. The third-order valence-corrected chi connectivity index (χ3v) is 4.79. The number of amides is 2. The van der Waals surface area contributed by atoms with Gasteiger partial charge in [-0.1, -0.05) is 13.3 Å². The second-order valence-electron chi connectivity index (χ2n) is 6.56. The lowest BCUT2D eigenvalue weighted by molar-refractivity contribution is -0.120. The van der Waals surface area contributed by atoms with Gasteiger partial charge in [-0.2, -0.15) is 5.26 Å². The molecule has 0 spiro atoms. The van der Waals surface area contributed by atoms with Crippen molar-refractivity contribution in [2.24, 2.45) is 0 Å². The van der Waals surface area contributed by atoms with Gasteiger partial charge < -0.3 is 4.74 Å². The Morgan fingerprint density at radius 2 is 1.85 bits per heavy atom. The Bertz CT molecular complexity index is 870. The van der Waals surface area contributed by atoms with E-state index in [0.29, 0.717) is 30.4 Å². The molecule has 0 saturated heterocycles. The van der Waals surface area contributed by atoms with E-state index in [1.165, 1.54) is 0 Å². The van der Waals surface area contributed by atoms with E-state index >= 15 is 0 Å². The first-order valence-electron chi connectivity index (χ1n) is 9.01. The Balaban J connectivity index is 1.98. The van der Waals surface area contributed by atoms with Gasteiger partial charge in [-0.15, -0.1) is 0 Å². The molecule has 0 saturated carbocycles. The minimum atomic E-state index is -0.904. The minimum Gasteiger partial charge on any atom is -0.462 e. The molecule has 1 aliphatic carbocycles. The molecule has 2 aliphatic rings. The number of hydrogen-bond acceptors (Lipinski definition) is 5. The molecule has 0 N–H and O–H groups in total. The number of rotatable bonds is 5. The Morgan fingerprint density at radius 1 is 1.22 bits per heavy atom. The van der Waals surface area contributed by atoms with Crippen molar-refractivity contribution in [2.45, 2.75) is 45.4 Å². The molecular formula is C20H19FN2O4. The van der Waals surface area contributed by atoms with Crippen molar-refractivity contribution in [3.63, 3.8) is 0 Å². The van der Waals surface area contributed by atoms with E-state index in [4.69, 9.17) is 4.74 Å². The van der Waals surface area contributed by atoms with Crippen LogP contribution in [0.1, 0.15) is 61.4 Å². The molecular weight excluding hydrogens is 351 g/mol. The number of unbranched alkanes of at least 4 members (excludes halogenated alkanes) is 1. The zero-order valence-electron chi connectivity index (χ0n) is 15.0. The molecule has 0 atom stereocenters.